The van der Waals surface area contributed by atoms with E-state index in [9.17, 15) is 9.59 Å². The Hall–Kier alpha value is -4.54. The number of ether oxygens (including phenoxy) is 4. The lowest BCUT2D eigenvalue weighted by Crippen LogP contribution is -2.31. The molecule has 3 aliphatic rings. The molecule has 4 aromatic carbocycles. The molecule has 3 atom stereocenters. The molecule has 10 heteroatoms. The monoisotopic (exact) mass is 794 g/mol. The van der Waals surface area contributed by atoms with Gasteiger partial charge in [-0.15, -0.1) is 0 Å². The van der Waals surface area contributed by atoms with Crippen molar-refractivity contribution in [3.63, 3.8) is 0 Å². The Bertz CT molecular complexity index is 2390. The van der Waals surface area contributed by atoms with E-state index < -0.39 is 5.92 Å². The molecule has 8 nitrogen and oxygen atoms in total. The lowest BCUT2D eigenvalue weighted by molar-refractivity contribution is 0.0862. The van der Waals surface area contributed by atoms with Crippen molar-refractivity contribution in [1.82, 2.24) is 9.13 Å². The van der Waals surface area contributed by atoms with E-state index in [0.29, 0.717) is 47.0 Å². The maximum absolute atomic E-state index is 14.9. The fraction of sp³-hybridized carbons (Fsp3) is 0.250. The highest BCUT2D eigenvalue weighted by Crippen LogP contribution is 2.53. The van der Waals surface area contributed by atoms with Crippen LogP contribution in [-0.2, 0) is 14.1 Å². The third-order valence-corrected chi connectivity index (χ3v) is 11.6. The van der Waals surface area contributed by atoms with Gasteiger partial charge in [0, 0.05) is 86.1 Å². The maximum atomic E-state index is 14.9. The van der Waals surface area contributed by atoms with Crippen molar-refractivity contribution < 1.29 is 28.5 Å². The van der Waals surface area contributed by atoms with Crippen LogP contribution in [0.3, 0.4) is 0 Å². The SMILES string of the molecule is Cn1cc(C2CC(C(=O)c3ccc4c(c3)OCO4)C(CCC(=O)c3ccc4c(c3)OCO4)c3c2n(C)c2ccc(Br)cc32)c2cc(Br)ccc21. The maximum Gasteiger partial charge on any atom is 0.231 e. The highest BCUT2D eigenvalue weighted by molar-refractivity contribution is 9.10. The molecule has 0 saturated heterocycles. The topological polar surface area (TPSA) is 80.9 Å². The van der Waals surface area contributed by atoms with E-state index in [2.05, 4.69) is 97.7 Å². The van der Waals surface area contributed by atoms with Crippen molar-refractivity contribution in [3.8, 4) is 23.0 Å². The minimum absolute atomic E-state index is 0.00146. The van der Waals surface area contributed by atoms with Crippen LogP contribution in [0.2, 0.25) is 0 Å². The van der Waals surface area contributed by atoms with Gasteiger partial charge in [0.15, 0.2) is 34.6 Å². The summed E-state index contributed by atoms with van der Waals surface area (Å²) in [6.07, 6.45) is 3.57. The number of Topliss-reactive ketones (excluding diaryl/α,β-unsaturated/α-hetero) is 2. The normalized spacial score (nSPS) is 18.9. The molecule has 4 heterocycles. The molecule has 0 amide bonds. The molecular formula is C40H32Br2N2O6. The first-order valence-corrected chi connectivity index (χ1v) is 18.2. The van der Waals surface area contributed by atoms with E-state index in [0.717, 1.165) is 36.3 Å². The Labute approximate surface area is 305 Å². The molecule has 0 bridgehead atoms. The average Bonchev–Trinajstić information content (AvgIpc) is 3.91. The van der Waals surface area contributed by atoms with Crippen molar-refractivity contribution in [2.24, 2.45) is 20.0 Å². The molecule has 1 aliphatic carbocycles. The number of halogens is 2. The highest BCUT2D eigenvalue weighted by atomic mass is 79.9. The van der Waals surface area contributed by atoms with Gasteiger partial charge < -0.3 is 28.1 Å². The van der Waals surface area contributed by atoms with Gasteiger partial charge in [0.2, 0.25) is 13.6 Å². The Morgan fingerprint density at radius 1 is 0.740 bits per heavy atom. The van der Waals surface area contributed by atoms with Gasteiger partial charge in [0.1, 0.15) is 0 Å². The molecule has 2 aromatic heterocycles. The fourth-order valence-electron chi connectivity index (χ4n) is 8.35. The van der Waals surface area contributed by atoms with Crippen LogP contribution in [0.25, 0.3) is 21.8 Å². The third-order valence-electron chi connectivity index (χ3n) is 10.7. The molecule has 3 unspecified atom stereocenters. The van der Waals surface area contributed by atoms with Gasteiger partial charge >= 0.3 is 0 Å². The van der Waals surface area contributed by atoms with Crippen LogP contribution in [0.1, 0.15) is 68.6 Å². The van der Waals surface area contributed by atoms with E-state index in [1.54, 1.807) is 24.3 Å². The van der Waals surface area contributed by atoms with Gasteiger partial charge in [-0.05, 0) is 103 Å². The number of nitrogens with zero attached hydrogens (tertiary/aromatic N) is 2. The number of carbonyl (C=O) groups excluding carboxylic acids is 2. The number of aryl methyl sites for hydroxylation is 2. The number of aromatic nitrogens is 2. The smallest absolute Gasteiger partial charge is 0.231 e. The third kappa shape index (κ3) is 5.06. The highest BCUT2D eigenvalue weighted by Gasteiger charge is 2.44. The second-order valence-corrected chi connectivity index (χ2v) is 15.2. The summed E-state index contributed by atoms with van der Waals surface area (Å²) in [7, 11) is 4.19. The number of hydrogen-bond donors (Lipinski definition) is 0. The minimum Gasteiger partial charge on any atom is -0.454 e. The zero-order valence-corrected chi connectivity index (χ0v) is 30.5. The first-order valence-electron chi connectivity index (χ1n) is 16.6. The molecule has 9 rings (SSSR count). The van der Waals surface area contributed by atoms with Crippen LogP contribution in [0.15, 0.2) is 87.9 Å². The largest absolute Gasteiger partial charge is 0.454 e. The second kappa shape index (κ2) is 12.1. The van der Waals surface area contributed by atoms with Crippen molar-refractivity contribution in [2.45, 2.75) is 31.1 Å². The molecular weight excluding hydrogens is 764 g/mol. The zero-order chi connectivity index (χ0) is 34.3. The molecule has 6 aromatic rings. The van der Waals surface area contributed by atoms with Crippen molar-refractivity contribution in [3.05, 3.63) is 116 Å². The Balaban J connectivity index is 1.21. The average molecular weight is 797 g/mol. The van der Waals surface area contributed by atoms with E-state index >= 15 is 0 Å². The second-order valence-electron chi connectivity index (χ2n) is 13.3. The number of fused-ring (bicyclic) bond motifs is 6. The number of hydrogen-bond acceptors (Lipinski definition) is 6. The number of ketones is 2. The van der Waals surface area contributed by atoms with Gasteiger partial charge in [-0.2, -0.15) is 0 Å². The van der Waals surface area contributed by atoms with Gasteiger partial charge in [-0.1, -0.05) is 31.9 Å². The van der Waals surface area contributed by atoms with Gasteiger partial charge in [0.25, 0.3) is 0 Å². The van der Waals surface area contributed by atoms with Gasteiger partial charge in [-0.3, -0.25) is 9.59 Å². The van der Waals surface area contributed by atoms with Crippen LogP contribution in [0.5, 0.6) is 23.0 Å². The molecule has 0 radical (unpaired) electrons. The standard InChI is InChI=1S/C40H32Br2N2O6/c1-43-18-30(26-15-23(41)5-8-31(26)43)27-17-28(40(46)22-4-12-35-37(14-22)50-20-48-35)25(38-29-16-24(42)6-9-32(29)44(2)39(27)38)7-10-33(45)21-3-11-34-36(13-21)49-19-47-34/h3-6,8-9,11-16,18,25,27-28H,7,10,17,19-20H2,1-2H3. The van der Waals surface area contributed by atoms with E-state index in [1.807, 2.05) is 12.1 Å². The number of carbonyl (C=O) groups is 2. The summed E-state index contributed by atoms with van der Waals surface area (Å²) in [6.45, 7) is 0.279. The van der Waals surface area contributed by atoms with Crippen LogP contribution >= 0.6 is 31.9 Å². The minimum atomic E-state index is -0.413. The summed E-state index contributed by atoms with van der Waals surface area (Å²) in [6, 6.07) is 23.5. The molecule has 0 spiro atoms. The molecule has 252 valence electrons. The van der Waals surface area contributed by atoms with E-state index in [4.69, 9.17) is 18.9 Å². The van der Waals surface area contributed by atoms with Crippen molar-refractivity contribution in [1.29, 1.82) is 0 Å². The molecule has 50 heavy (non-hydrogen) atoms. The summed E-state index contributed by atoms with van der Waals surface area (Å²) in [4.78, 5) is 28.8. The van der Waals surface area contributed by atoms with Gasteiger partial charge in [0.05, 0.1) is 0 Å². The summed E-state index contributed by atoms with van der Waals surface area (Å²) in [5.41, 5.74) is 6.85. The van der Waals surface area contributed by atoms with Crippen LogP contribution in [0, 0.1) is 5.92 Å². The number of benzene rings is 4. The fourth-order valence-corrected chi connectivity index (χ4v) is 9.08. The predicted octanol–water partition coefficient (Wildman–Crippen LogP) is 9.43. The van der Waals surface area contributed by atoms with Crippen LogP contribution in [0.4, 0.5) is 0 Å². The van der Waals surface area contributed by atoms with Crippen LogP contribution in [-0.4, -0.2) is 34.3 Å². The van der Waals surface area contributed by atoms with Crippen molar-refractivity contribution in [2.75, 3.05) is 13.6 Å². The quantitative estimate of drug-likeness (QED) is 0.150. The number of rotatable bonds is 7. The molecule has 0 fully saturated rings. The summed E-state index contributed by atoms with van der Waals surface area (Å²) < 4.78 is 28.7. The molecule has 0 saturated carbocycles. The summed E-state index contributed by atoms with van der Waals surface area (Å²) >= 11 is 7.44. The van der Waals surface area contributed by atoms with E-state index in [-0.39, 0.29) is 43.4 Å². The lowest BCUT2D eigenvalue weighted by Gasteiger charge is -2.37. The summed E-state index contributed by atoms with van der Waals surface area (Å²) in [5, 5.41) is 2.24. The van der Waals surface area contributed by atoms with Crippen LogP contribution < -0.4 is 18.9 Å². The summed E-state index contributed by atoms with van der Waals surface area (Å²) in [5.74, 6) is 1.75. The molecule has 0 N–H and O–H groups in total. The Morgan fingerprint density at radius 3 is 2.08 bits per heavy atom. The zero-order valence-electron chi connectivity index (χ0n) is 27.4. The first-order chi connectivity index (χ1) is 24.2. The first kappa shape index (κ1) is 31.4. The van der Waals surface area contributed by atoms with Crippen molar-refractivity contribution >= 4 is 65.2 Å². The lowest BCUT2D eigenvalue weighted by atomic mass is 9.66. The predicted molar refractivity (Wildman–Crippen MR) is 197 cm³/mol. The Morgan fingerprint density at radius 2 is 1.36 bits per heavy atom. The van der Waals surface area contributed by atoms with E-state index in [1.165, 1.54) is 11.3 Å². The molecule has 2 aliphatic heterocycles. The Kier molecular flexibility index (Phi) is 7.58. The van der Waals surface area contributed by atoms with Gasteiger partial charge in [-0.25, -0.2) is 0 Å².